The number of pyridine rings is 3. The van der Waals surface area contributed by atoms with Crippen molar-refractivity contribution in [1.29, 1.82) is 5.26 Å². The van der Waals surface area contributed by atoms with Gasteiger partial charge in [-0.15, -0.1) is 0 Å². The average Bonchev–Trinajstić information content (AvgIpc) is 3.45. The summed E-state index contributed by atoms with van der Waals surface area (Å²) < 4.78 is 40.7. The second-order valence-electron chi connectivity index (χ2n) is 10.8. The predicted octanol–water partition coefficient (Wildman–Crippen LogP) is 3.97. The molecular formula is C31H30F3N7O5. The van der Waals surface area contributed by atoms with Crippen molar-refractivity contribution in [1.82, 2.24) is 24.1 Å². The first-order chi connectivity index (χ1) is 21.9. The molecular weight excluding hydrogens is 607 g/mol. The molecule has 0 radical (unpaired) electrons. The normalized spacial score (nSPS) is 17.0. The maximum atomic E-state index is 13.3. The minimum absolute atomic E-state index is 0.0173. The summed E-state index contributed by atoms with van der Waals surface area (Å²) in [5.74, 6) is -1.26. The number of nitrogens with zero attached hydrogens (tertiary/aromatic N) is 7. The molecule has 3 fully saturated rings. The molecule has 4 aromatic heterocycles. The summed E-state index contributed by atoms with van der Waals surface area (Å²) in [5.41, 5.74) is 3.38. The van der Waals surface area contributed by atoms with Crippen LogP contribution in [-0.2, 0) is 11.3 Å². The van der Waals surface area contributed by atoms with Crippen LogP contribution in [0, 0.1) is 11.3 Å². The third-order valence-corrected chi connectivity index (χ3v) is 7.77. The summed E-state index contributed by atoms with van der Waals surface area (Å²) in [7, 11) is 0. The van der Waals surface area contributed by atoms with E-state index in [-0.39, 0.29) is 23.6 Å². The van der Waals surface area contributed by atoms with Gasteiger partial charge >= 0.3 is 12.1 Å². The number of rotatable bonds is 7. The smallest absolute Gasteiger partial charge is 0.490 e. The molecule has 2 unspecified atom stereocenters. The number of alkyl halides is 3. The number of aliphatic carboxylic acids is 1. The van der Waals surface area contributed by atoms with Crippen molar-refractivity contribution in [2.75, 3.05) is 24.6 Å². The van der Waals surface area contributed by atoms with Crippen LogP contribution in [0.1, 0.15) is 42.6 Å². The fourth-order valence-electron chi connectivity index (χ4n) is 5.73. The van der Waals surface area contributed by atoms with E-state index < -0.39 is 12.1 Å². The second-order valence-corrected chi connectivity index (χ2v) is 10.8. The number of carbonyl (C=O) groups is 2. The number of ether oxygens (including phenoxy) is 1. The molecule has 3 aliphatic rings. The molecule has 1 N–H and O–H groups in total. The van der Waals surface area contributed by atoms with Gasteiger partial charge in [-0.3, -0.25) is 9.59 Å². The van der Waals surface area contributed by atoms with E-state index in [0.717, 1.165) is 29.8 Å². The molecule has 12 nitrogen and oxygen atoms in total. The number of piperazine rings is 1. The zero-order valence-electron chi connectivity index (χ0n) is 24.9. The van der Waals surface area contributed by atoms with Gasteiger partial charge in [0.2, 0.25) is 0 Å². The first-order valence-corrected chi connectivity index (χ1v) is 14.5. The Hall–Kier alpha value is -5.39. The van der Waals surface area contributed by atoms with Crippen LogP contribution in [0.2, 0.25) is 0 Å². The largest absolute Gasteiger partial charge is 0.492 e. The van der Waals surface area contributed by atoms with Crippen molar-refractivity contribution in [3.63, 3.8) is 0 Å². The molecule has 1 amide bonds. The highest BCUT2D eigenvalue weighted by Crippen LogP contribution is 2.36. The molecule has 0 spiro atoms. The number of fused-ring (bicyclic) bond motifs is 3. The lowest BCUT2D eigenvalue weighted by Gasteiger charge is -2.56. The number of halogens is 3. The van der Waals surface area contributed by atoms with Gasteiger partial charge in [0.05, 0.1) is 47.7 Å². The molecule has 3 saturated heterocycles. The average molecular weight is 638 g/mol. The number of carboxylic acids is 1. The summed E-state index contributed by atoms with van der Waals surface area (Å²) in [4.78, 5) is 43.2. The van der Waals surface area contributed by atoms with Gasteiger partial charge < -0.3 is 24.2 Å². The van der Waals surface area contributed by atoms with Gasteiger partial charge in [-0.2, -0.15) is 23.5 Å². The van der Waals surface area contributed by atoms with Crippen molar-refractivity contribution < 1.29 is 32.6 Å². The molecule has 0 aliphatic carbocycles. The van der Waals surface area contributed by atoms with Gasteiger partial charge in [-0.05, 0) is 44.0 Å². The third-order valence-electron chi connectivity index (χ3n) is 7.77. The topological polar surface area (TPSA) is 146 Å². The number of hydrogen-bond donors (Lipinski definition) is 1. The fraction of sp³-hybridized carbons (Fsp3) is 0.355. The summed E-state index contributed by atoms with van der Waals surface area (Å²) in [6.07, 6.45) is 3.55. The molecule has 15 heteroatoms. The highest BCUT2D eigenvalue weighted by atomic mass is 19.4. The van der Waals surface area contributed by atoms with Crippen molar-refractivity contribution in [2.45, 2.75) is 51.5 Å². The Morgan fingerprint density at radius 1 is 1.11 bits per heavy atom. The molecule has 46 heavy (non-hydrogen) atoms. The van der Waals surface area contributed by atoms with Gasteiger partial charge in [0.15, 0.2) is 0 Å². The van der Waals surface area contributed by atoms with Crippen molar-refractivity contribution >= 4 is 23.2 Å². The Labute approximate surface area is 260 Å². The molecule has 0 aromatic carbocycles. The summed E-state index contributed by atoms with van der Waals surface area (Å²) in [6.45, 7) is 6.46. The Bertz CT molecular complexity index is 1850. The standard InChI is InChI=1S/C29H29N7O3.C2HF3O2/c1-3-9-33-15-20(6-8-27(33)37)29(38)36-22-10-23(36)17-34(16-22)26-7-5-19(13-31-26)25-11-24(39-4-2)18-35-28(25)21(12-30)14-32-35;3-2(4,5)1(6)7/h5-8,11,13-15,18,22-23H,3-4,9-10,16-17H2,1-2H3;(H,6,7). The number of carboxylic acid groups (broad SMARTS) is 1. The van der Waals surface area contributed by atoms with Crippen molar-refractivity contribution in [3.05, 3.63) is 76.6 Å². The summed E-state index contributed by atoms with van der Waals surface area (Å²) >= 11 is 0. The van der Waals surface area contributed by atoms with E-state index in [1.54, 1.807) is 33.7 Å². The lowest BCUT2D eigenvalue weighted by atomic mass is 9.86. The van der Waals surface area contributed by atoms with Crippen LogP contribution < -0.4 is 15.2 Å². The molecule has 3 aliphatic heterocycles. The fourth-order valence-corrected chi connectivity index (χ4v) is 5.73. The molecule has 7 heterocycles. The maximum absolute atomic E-state index is 13.3. The molecule has 4 aromatic rings. The minimum atomic E-state index is -5.08. The number of nitriles is 1. The van der Waals surface area contributed by atoms with Crippen LogP contribution in [0.15, 0.2) is 59.9 Å². The van der Waals surface area contributed by atoms with Gasteiger partial charge in [-0.25, -0.2) is 14.3 Å². The van der Waals surface area contributed by atoms with Gasteiger partial charge in [0.1, 0.15) is 17.6 Å². The van der Waals surface area contributed by atoms with E-state index >= 15 is 0 Å². The molecule has 2 atom stereocenters. The van der Waals surface area contributed by atoms with E-state index in [0.29, 0.717) is 48.6 Å². The van der Waals surface area contributed by atoms with Crippen molar-refractivity contribution in [3.8, 4) is 22.9 Å². The van der Waals surface area contributed by atoms with Crippen LogP contribution in [0.3, 0.4) is 0 Å². The van der Waals surface area contributed by atoms with Crippen LogP contribution in [0.25, 0.3) is 16.6 Å². The van der Waals surface area contributed by atoms with Crippen molar-refractivity contribution in [2.24, 2.45) is 0 Å². The van der Waals surface area contributed by atoms with Gasteiger partial charge in [-0.1, -0.05) is 6.92 Å². The van der Waals surface area contributed by atoms with Gasteiger partial charge in [0.25, 0.3) is 11.5 Å². The monoisotopic (exact) mass is 637 g/mol. The van der Waals surface area contributed by atoms with E-state index in [1.807, 2.05) is 43.1 Å². The van der Waals surface area contributed by atoms with E-state index in [1.165, 1.54) is 6.07 Å². The number of anilines is 1. The zero-order valence-corrected chi connectivity index (χ0v) is 24.9. The summed E-state index contributed by atoms with van der Waals surface area (Å²) in [5, 5.41) is 21.0. The van der Waals surface area contributed by atoms with Crippen LogP contribution >= 0.6 is 0 Å². The Kier molecular flexibility index (Phi) is 8.99. The Balaban J connectivity index is 0.000000537. The number of aryl methyl sites for hydroxylation is 1. The van der Waals surface area contributed by atoms with E-state index in [4.69, 9.17) is 19.6 Å². The first-order valence-electron chi connectivity index (χ1n) is 14.5. The predicted molar refractivity (Wildman–Crippen MR) is 160 cm³/mol. The second kappa shape index (κ2) is 12.9. The highest BCUT2D eigenvalue weighted by molar-refractivity contribution is 5.95. The van der Waals surface area contributed by atoms with Crippen LogP contribution in [0.4, 0.5) is 19.0 Å². The molecule has 0 saturated carbocycles. The van der Waals surface area contributed by atoms with Crippen LogP contribution in [-0.4, -0.2) is 79.0 Å². The Morgan fingerprint density at radius 3 is 2.41 bits per heavy atom. The lowest BCUT2D eigenvalue weighted by Crippen LogP contribution is -2.70. The first kappa shape index (κ1) is 32.0. The number of carbonyl (C=O) groups excluding carboxylic acids is 1. The quantitative estimate of drug-likeness (QED) is 0.318. The summed E-state index contributed by atoms with van der Waals surface area (Å²) in [6, 6.07) is 11.5. The molecule has 7 rings (SSSR count). The maximum Gasteiger partial charge on any atom is 0.490 e. The minimum Gasteiger partial charge on any atom is -0.492 e. The highest BCUT2D eigenvalue weighted by Gasteiger charge is 2.47. The lowest BCUT2D eigenvalue weighted by molar-refractivity contribution is -0.192. The molecule has 2 bridgehead atoms. The third kappa shape index (κ3) is 6.37. The Morgan fingerprint density at radius 2 is 1.83 bits per heavy atom. The van der Waals surface area contributed by atoms with E-state index in [9.17, 15) is 28.0 Å². The number of piperidine rings is 1. The number of aromatic nitrogens is 4. The SMILES string of the molecule is CCCn1cc(C(=O)N2C3CC2CN(c2ccc(-c4cc(OCC)cn5ncc(C#N)c45)cn2)C3)ccc1=O.O=C(O)C(F)(F)F. The number of amides is 1. The number of hydrogen-bond acceptors (Lipinski definition) is 8. The molecule has 240 valence electrons. The zero-order chi connectivity index (χ0) is 33.2. The van der Waals surface area contributed by atoms with E-state index in [2.05, 4.69) is 16.1 Å². The van der Waals surface area contributed by atoms with Crippen LogP contribution in [0.5, 0.6) is 5.75 Å². The van der Waals surface area contributed by atoms with Gasteiger partial charge in [0, 0.05) is 49.2 Å².